The molecule has 110 valence electrons. The summed E-state index contributed by atoms with van der Waals surface area (Å²) in [4.78, 5) is 18.1. The third kappa shape index (κ3) is 3.19. The highest BCUT2D eigenvalue weighted by molar-refractivity contribution is 7.15. The first-order valence-electron chi connectivity index (χ1n) is 6.98. The van der Waals surface area contributed by atoms with Crippen LogP contribution in [0.4, 0.5) is 10.8 Å². The normalized spacial score (nSPS) is 14.3. The van der Waals surface area contributed by atoms with Gasteiger partial charge < -0.3 is 5.73 Å². The molecule has 1 aromatic heterocycles. The van der Waals surface area contributed by atoms with Crippen molar-refractivity contribution in [2.75, 3.05) is 11.1 Å². The van der Waals surface area contributed by atoms with Gasteiger partial charge >= 0.3 is 0 Å². The van der Waals surface area contributed by atoms with E-state index in [2.05, 4.69) is 10.3 Å². The number of nitrogen functional groups attached to an aromatic ring is 1. The van der Waals surface area contributed by atoms with E-state index in [0.717, 1.165) is 18.5 Å². The molecule has 1 aliphatic carbocycles. The van der Waals surface area contributed by atoms with Gasteiger partial charge in [0.1, 0.15) is 0 Å². The number of aromatic nitrogens is 1. The van der Waals surface area contributed by atoms with Crippen molar-refractivity contribution in [2.45, 2.75) is 32.1 Å². The highest BCUT2D eigenvalue weighted by Gasteiger charge is 2.17. The van der Waals surface area contributed by atoms with E-state index in [9.17, 15) is 4.79 Å². The van der Waals surface area contributed by atoms with Gasteiger partial charge in [-0.1, -0.05) is 18.0 Å². The predicted octanol–water partition coefficient (Wildman–Crippen LogP) is 3.90. The quantitative estimate of drug-likeness (QED) is 0.651. The van der Waals surface area contributed by atoms with Crippen LogP contribution in [0.3, 0.4) is 0 Å². The molecule has 1 aromatic carbocycles. The molecule has 0 spiro atoms. The number of nitrogens with one attached hydrogen (secondary N) is 1. The van der Waals surface area contributed by atoms with Crippen molar-refractivity contribution >= 4 is 39.7 Å². The Hall–Kier alpha value is -1.59. The average molecular weight is 322 g/mol. The monoisotopic (exact) mass is 321 g/mol. The summed E-state index contributed by atoms with van der Waals surface area (Å²) in [5.41, 5.74) is 7.72. The van der Waals surface area contributed by atoms with Crippen LogP contribution in [0.25, 0.3) is 0 Å². The number of hydrogen-bond donors (Lipinski definition) is 2. The van der Waals surface area contributed by atoms with Gasteiger partial charge in [-0.2, -0.15) is 0 Å². The summed E-state index contributed by atoms with van der Waals surface area (Å²) in [7, 11) is 0. The maximum absolute atomic E-state index is 12.3. The molecule has 0 aliphatic heterocycles. The molecule has 0 saturated carbocycles. The van der Waals surface area contributed by atoms with Gasteiger partial charge in [-0.15, -0.1) is 11.3 Å². The number of nitrogens with two attached hydrogens (primary N) is 1. The third-order valence-electron chi connectivity index (χ3n) is 3.55. The molecule has 3 rings (SSSR count). The van der Waals surface area contributed by atoms with Crippen LogP contribution in [-0.4, -0.2) is 10.9 Å². The minimum Gasteiger partial charge on any atom is -0.399 e. The fourth-order valence-electron chi connectivity index (χ4n) is 2.46. The van der Waals surface area contributed by atoms with Crippen molar-refractivity contribution in [2.24, 2.45) is 0 Å². The molecule has 1 amide bonds. The van der Waals surface area contributed by atoms with Crippen molar-refractivity contribution in [1.82, 2.24) is 4.98 Å². The molecule has 1 aliphatic rings. The van der Waals surface area contributed by atoms with Crippen LogP contribution in [0.15, 0.2) is 18.2 Å². The first kappa shape index (κ1) is 14.4. The number of carbonyl (C=O) groups is 1. The van der Waals surface area contributed by atoms with E-state index in [4.69, 9.17) is 17.3 Å². The van der Waals surface area contributed by atoms with Crippen LogP contribution in [0.5, 0.6) is 0 Å². The molecule has 6 heteroatoms. The molecule has 0 saturated heterocycles. The Balaban J connectivity index is 1.78. The molecule has 3 N–H and O–H groups in total. The highest BCUT2D eigenvalue weighted by atomic mass is 35.5. The minimum absolute atomic E-state index is 0.246. The number of aryl methyl sites for hydroxylation is 2. The zero-order valence-electron chi connectivity index (χ0n) is 11.5. The lowest BCUT2D eigenvalue weighted by Crippen LogP contribution is -2.12. The highest BCUT2D eigenvalue weighted by Crippen LogP contribution is 2.29. The average Bonchev–Trinajstić information content (AvgIpc) is 2.67. The lowest BCUT2D eigenvalue weighted by molar-refractivity contribution is 0.102. The summed E-state index contributed by atoms with van der Waals surface area (Å²) in [5, 5.41) is 3.84. The third-order valence-corrected chi connectivity index (χ3v) is 4.94. The molecule has 0 fully saturated rings. The summed E-state index contributed by atoms with van der Waals surface area (Å²) < 4.78 is 0. The molecule has 0 unspecified atom stereocenters. The topological polar surface area (TPSA) is 68.0 Å². The Bertz CT molecular complexity index is 660. The summed E-state index contributed by atoms with van der Waals surface area (Å²) in [6.07, 6.45) is 5.70. The number of hydrogen-bond acceptors (Lipinski definition) is 4. The summed E-state index contributed by atoms with van der Waals surface area (Å²) >= 11 is 7.63. The molecule has 0 radical (unpaired) electrons. The SMILES string of the molecule is Nc1ccc(C(=O)Nc2nc3c(s2)CCCCC3)c(Cl)c1. The van der Waals surface area contributed by atoms with Crippen LogP contribution in [-0.2, 0) is 12.8 Å². The number of anilines is 2. The molecule has 21 heavy (non-hydrogen) atoms. The van der Waals surface area contributed by atoms with Gasteiger partial charge in [0.05, 0.1) is 16.3 Å². The van der Waals surface area contributed by atoms with Gasteiger partial charge in [-0.3, -0.25) is 10.1 Å². The lowest BCUT2D eigenvalue weighted by atomic mass is 10.2. The van der Waals surface area contributed by atoms with E-state index in [0.29, 0.717) is 21.4 Å². The Kier molecular flexibility index (Phi) is 4.12. The van der Waals surface area contributed by atoms with Crippen LogP contribution in [0, 0.1) is 0 Å². The van der Waals surface area contributed by atoms with Gasteiger partial charge in [0.2, 0.25) is 0 Å². The van der Waals surface area contributed by atoms with E-state index in [1.807, 2.05) is 0 Å². The number of amides is 1. The summed E-state index contributed by atoms with van der Waals surface area (Å²) in [6, 6.07) is 4.87. The number of halogens is 1. The van der Waals surface area contributed by atoms with Gasteiger partial charge in [0.15, 0.2) is 5.13 Å². The Morgan fingerprint density at radius 3 is 2.90 bits per heavy atom. The smallest absolute Gasteiger partial charge is 0.258 e. The van der Waals surface area contributed by atoms with E-state index in [1.165, 1.54) is 24.1 Å². The second-order valence-electron chi connectivity index (χ2n) is 5.14. The maximum Gasteiger partial charge on any atom is 0.258 e. The van der Waals surface area contributed by atoms with Crippen molar-refractivity contribution in [3.8, 4) is 0 Å². The molecule has 0 bridgehead atoms. The van der Waals surface area contributed by atoms with Crippen molar-refractivity contribution in [3.63, 3.8) is 0 Å². The van der Waals surface area contributed by atoms with E-state index in [-0.39, 0.29) is 5.91 Å². The molecule has 4 nitrogen and oxygen atoms in total. The van der Waals surface area contributed by atoms with E-state index in [1.54, 1.807) is 29.5 Å². The first-order valence-corrected chi connectivity index (χ1v) is 8.18. The van der Waals surface area contributed by atoms with Crippen molar-refractivity contribution < 1.29 is 4.79 Å². The predicted molar refractivity (Wildman–Crippen MR) is 87.2 cm³/mol. The van der Waals surface area contributed by atoms with Crippen LogP contribution < -0.4 is 11.1 Å². The molecular weight excluding hydrogens is 306 g/mol. The van der Waals surface area contributed by atoms with Crippen LogP contribution in [0.2, 0.25) is 5.02 Å². The Morgan fingerprint density at radius 2 is 2.10 bits per heavy atom. The second kappa shape index (κ2) is 6.03. The fourth-order valence-corrected chi connectivity index (χ4v) is 3.78. The van der Waals surface area contributed by atoms with Crippen LogP contribution in [0.1, 0.15) is 40.2 Å². The molecule has 0 atom stereocenters. The van der Waals surface area contributed by atoms with Gasteiger partial charge in [-0.05, 0) is 43.9 Å². The molecule has 1 heterocycles. The largest absolute Gasteiger partial charge is 0.399 e. The van der Waals surface area contributed by atoms with Gasteiger partial charge in [-0.25, -0.2) is 4.98 Å². The zero-order chi connectivity index (χ0) is 14.8. The second-order valence-corrected chi connectivity index (χ2v) is 6.63. The number of nitrogens with zero attached hydrogens (tertiary/aromatic N) is 1. The van der Waals surface area contributed by atoms with Gasteiger partial charge in [0.25, 0.3) is 5.91 Å². The fraction of sp³-hybridized carbons (Fsp3) is 0.333. The van der Waals surface area contributed by atoms with Crippen LogP contribution >= 0.6 is 22.9 Å². The standard InChI is InChI=1S/C15H16ClN3OS/c16-11-8-9(17)6-7-10(11)14(20)19-15-18-12-4-2-1-3-5-13(12)21-15/h6-8H,1-5,17H2,(H,18,19,20). The van der Waals surface area contributed by atoms with Crippen molar-refractivity contribution in [1.29, 1.82) is 0 Å². The lowest BCUT2D eigenvalue weighted by Gasteiger charge is -2.04. The maximum atomic E-state index is 12.3. The van der Waals surface area contributed by atoms with Gasteiger partial charge in [0, 0.05) is 10.6 Å². The molecular formula is C15H16ClN3OS. The number of benzene rings is 1. The number of carbonyl (C=O) groups excluding carboxylic acids is 1. The Morgan fingerprint density at radius 1 is 1.29 bits per heavy atom. The zero-order valence-corrected chi connectivity index (χ0v) is 13.1. The number of thiazole rings is 1. The minimum atomic E-state index is -0.246. The molecule has 2 aromatic rings. The Labute approximate surface area is 132 Å². The number of rotatable bonds is 2. The summed E-state index contributed by atoms with van der Waals surface area (Å²) in [6.45, 7) is 0. The van der Waals surface area contributed by atoms with E-state index < -0.39 is 0 Å². The number of fused-ring (bicyclic) bond motifs is 1. The van der Waals surface area contributed by atoms with E-state index >= 15 is 0 Å². The summed E-state index contributed by atoms with van der Waals surface area (Å²) in [5.74, 6) is -0.246. The van der Waals surface area contributed by atoms with Crippen molar-refractivity contribution in [3.05, 3.63) is 39.4 Å². The first-order chi connectivity index (χ1) is 10.1.